The maximum absolute atomic E-state index is 13.2. The monoisotopic (exact) mass is 836 g/mol. The van der Waals surface area contributed by atoms with E-state index in [0.717, 1.165) is 77.0 Å². The first-order chi connectivity index (χ1) is 28.8. The van der Waals surface area contributed by atoms with Crippen LogP contribution in [0.5, 0.6) is 0 Å². The number of nitrogens with zero attached hydrogens (tertiary/aromatic N) is 2. The van der Waals surface area contributed by atoms with E-state index in [1.54, 1.807) is 13.8 Å². The summed E-state index contributed by atoms with van der Waals surface area (Å²) in [6, 6.07) is 15.5. The quantitative estimate of drug-likeness (QED) is 0.118. The van der Waals surface area contributed by atoms with E-state index in [0.29, 0.717) is 28.6 Å². The Labute approximate surface area is 369 Å². The molecule has 6 aliphatic rings. The Morgan fingerprint density at radius 1 is 0.820 bits per heavy atom. The van der Waals surface area contributed by atoms with Crippen molar-refractivity contribution in [2.45, 2.75) is 145 Å². The van der Waals surface area contributed by atoms with Crippen LogP contribution in [0.4, 0.5) is 0 Å². The summed E-state index contributed by atoms with van der Waals surface area (Å²) >= 11 is 0. The zero-order valence-electron chi connectivity index (χ0n) is 39.4. The van der Waals surface area contributed by atoms with E-state index < -0.39 is 11.4 Å². The molecule has 0 radical (unpaired) electrons. The summed E-state index contributed by atoms with van der Waals surface area (Å²) in [4.78, 5) is 30.3. The number of carbonyl (C=O) groups excluding carboxylic acids is 1. The van der Waals surface area contributed by atoms with Crippen molar-refractivity contribution in [3.05, 3.63) is 60.2 Å². The van der Waals surface area contributed by atoms with Crippen LogP contribution in [0.2, 0.25) is 0 Å². The second-order valence-electron chi connectivity index (χ2n) is 23.5. The Bertz CT molecular complexity index is 1940. The van der Waals surface area contributed by atoms with Crippen LogP contribution in [-0.4, -0.2) is 78.8 Å². The van der Waals surface area contributed by atoms with Gasteiger partial charge in [-0.1, -0.05) is 89.2 Å². The number of allylic oxidation sites excluding steroid dienone is 1. The van der Waals surface area contributed by atoms with Crippen molar-refractivity contribution >= 4 is 22.7 Å². The van der Waals surface area contributed by atoms with E-state index in [1.165, 1.54) is 79.7 Å². The minimum atomic E-state index is -1.13. The third kappa shape index (κ3) is 7.85. The molecule has 1 heterocycles. The van der Waals surface area contributed by atoms with Crippen molar-refractivity contribution < 1.29 is 19.4 Å². The minimum Gasteiger partial charge on any atom is -0.481 e. The van der Waals surface area contributed by atoms with Crippen LogP contribution >= 0.6 is 0 Å². The topological polar surface area (TPSA) is 82.1 Å². The van der Waals surface area contributed by atoms with Gasteiger partial charge in [0, 0.05) is 51.2 Å². The van der Waals surface area contributed by atoms with Crippen molar-refractivity contribution in [2.75, 3.05) is 45.8 Å². The molecule has 7 nitrogen and oxygen atoms in total. The predicted molar refractivity (Wildman–Crippen MR) is 248 cm³/mol. The molecule has 10 atom stereocenters. The summed E-state index contributed by atoms with van der Waals surface area (Å²) < 4.78 is 6.24. The molecule has 1 saturated heterocycles. The normalized spacial score (nSPS) is 37.6. The fourth-order valence-electron chi connectivity index (χ4n) is 16.1. The Balaban J connectivity index is 0.881. The van der Waals surface area contributed by atoms with Crippen molar-refractivity contribution in [1.82, 2.24) is 15.1 Å². The van der Waals surface area contributed by atoms with Crippen LogP contribution in [0, 0.1) is 62.1 Å². The smallest absolute Gasteiger partial charge is 0.309 e. The molecule has 8 rings (SSSR count). The first-order valence-corrected chi connectivity index (χ1v) is 24.6. The van der Waals surface area contributed by atoms with Gasteiger partial charge >= 0.3 is 11.9 Å². The number of hydrogen-bond donors (Lipinski definition) is 2. The van der Waals surface area contributed by atoms with Gasteiger partial charge in [-0.2, -0.15) is 0 Å². The fraction of sp³-hybridized carbons (Fsp3) is 0.741. The van der Waals surface area contributed by atoms with Gasteiger partial charge in [0.25, 0.3) is 0 Å². The molecule has 2 aromatic rings. The number of carboxylic acids is 1. The molecular formula is C54H81N3O4. The zero-order chi connectivity index (χ0) is 43.6. The molecule has 0 bridgehead atoms. The molecule has 0 spiro atoms. The van der Waals surface area contributed by atoms with Gasteiger partial charge in [0.2, 0.25) is 0 Å². The lowest BCUT2D eigenvalue weighted by Gasteiger charge is -2.73. The lowest BCUT2D eigenvalue weighted by Crippen LogP contribution is -2.66. The Morgan fingerprint density at radius 3 is 2.28 bits per heavy atom. The molecule has 0 aromatic heterocycles. The third-order valence-electron chi connectivity index (χ3n) is 19.8. The number of fused-ring (bicyclic) bond motifs is 8. The number of carboxylic acid groups (broad SMARTS) is 1. The summed E-state index contributed by atoms with van der Waals surface area (Å²) in [5.74, 6) is 1.90. The summed E-state index contributed by atoms with van der Waals surface area (Å²) in [5.41, 5.74) is 2.77. The first-order valence-electron chi connectivity index (χ1n) is 24.6. The second-order valence-corrected chi connectivity index (χ2v) is 23.5. The first kappa shape index (κ1) is 44.9. The van der Waals surface area contributed by atoms with E-state index in [9.17, 15) is 14.7 Å². The van der Waals surface area contributed by atoms with E-state index in [2.05, 4.69) is 106 Å². The van der Waals surface area contributed by atoms with Gasteiger partial charge in [-0.05, 0) is 166 Å². The summed E-state index contributed by atoms with van der Waals surface area (Å²) in [7, 11) is 0. The van der Waals surface area contributed by atoms with Gasteiger partial charge in [0.15, 0.2) is 0 Å². The van der Waals surface area contributed by atoms with Crippen molar-refractivity contribution in [2.24, 2.45) is 62.1 Å². The van der Waals surface area contributed by atoms with Crippen molar-refractivity contribution in [3.8, 4) is 0 Å². The van der Waals surface area contributed by atoms with Crippen molar-refractivity contribution in [3.63, 3.8) is 0 Å². The van der Waals surface area contributed by atoms with Gasteiger partial charge in [-0.25, -0.2) is 0 Å². The van der Waals surface area contributed by atoms with Gasteiger partial charge < -0.3 is 15.2 Å². The van der Waals surface area contributed by atoms with Crippen LogP contribution in [0.3, 0.4) is 0 Å². The number of ether oxygens (including phenoxy) is 1. The molecule has 5 saturated carbocycles. The molecule has 1 aliphatic heterocycles. The molecule has 61 heavy (non-hydrogen) atoms. The highest BCUT2D eigenvalue weighted by Gasteiger charge is 2.71. The number of piperazine rings is 1. The number of aliphatic carboxylic acids is 1. The summed E-state index contributed by atoms with van der Waals surface area (Å²) in [5, 5.41) is 16.4. The Hall–Kier alpha value is -2.74. The van der Waals surface area contributed by atoms with Crippen LogP contribution < -0.4 is 5.32 Å². The van der Waals surface area contributed by atoms with Crippen LogP contribution in [0.25, 0.3) is 10.8 Å². The van der Waals surface area contributed by atoms with Gasteiger partial charge in [-0.3, -0.25) is 19.4 Å². The number of hydrogen-bond acceptors (Lipinski definition) is 6. The fourth-order valence-corrected chi connectivity index (χ4v) is 16.1. The Kier molecular flexibility index (Phi) is 12.3. The highest BCUT2D eigenvalue weighted by molar-refractivity contribution is 5.85. The summed E-state index contributed by atoms with van der Waals surface area (Å²) in [6.45, 7) is 32.0. The molecule has 7 heteroatoms. The number of esters is 1. The standard InChI is InChI=1S/C54H81N3O4/c1-37(2)40-19-24-54(27-28-55-29-30-56-31-33-57(34-32-56)36-39-15-12-14-38-13-10-11-16-41(38)39)26-25-52(8)42(47(40)54)17-18-44-51(7)22-21-45(61-46(58)35-49(3,4)48(59)60)50(5,6)43(51)20-23-53(44,52)9/h10-16,40,42-45,47,55H,1,17-36H2,2-9H3,(H,59,60)/t40-,42+,43-,44+,45-,47+,51-,52+,53+,54+/m0/s1. The van der Waals surface area contributed by atoms with Gasteiger partial charge in [0.1, 0.15) is 6.10 Å². The molecule has 0 unspecified atom stereocenters. The predicted octanol–water partition coefficient (Wildman–Crippen LogP) is 11.0. The minimum absolute atomic E-state index is 0.0904. The number of nitrogens with one attached hydrogen (secondary N) is 1. The van der Waals surface area contributed by atoms with E-state index >= 15 is 0 Å². The number of benzene rings is 2. The highest BCUT2D eigenvalue weighted by atomic mass is 16.5. The molecule has 0 amide bonds. The molecule has 5 aliphatic carbocycles. The average Bonchev–Trinajstić information content (AvgIpc) is 3.60. The van der Waals surface area contributed by atoms with E-state index in [1.807, 2.05) is 0 Å². The molecule has 2 N–H and O–H groups in total. The largest absolute Gasteiger partial charge is 0.481 e. The third-order valence-corrected chi connectivity index (χ3v) is 19.8. The van der Waals surface area contributed by atoms with Gasteiger partial charge in [0.05, 0.1) is 11.8 Å². The SMILES string of the molecule is C=C(C)[C@@H]1CC[C@]2(CCNCCN3CCN(Cc4cccc5ccccc45)CC3)CC[C@]3(C)[C@H](CC[C@@H]4[C@@]5(C)CC[C@H](OC(=O)CC(C)(C)C(=O)O)C(C)(C)[C@@H]5CC[C@]43C)[C@@H]12. The highest BCUT2D eigenvalue weighted by Crippen LogP contribution is 2.78. The average molecular weight is 836 g/mol. The second kappa shape index (κ2) is 16.7. The van der Waals surface area contributed by atoms with Crippen LogP contribution in [0.15, 0.2) is 54.6 Å². The molecular weight excluding hydrogens is 755 g/mol. The van der Waals surface area contributed by atoms with Crippen LogP contribution in [0.1, 0.15) is 138 Å². The summed E-state index contributed by atoms with van der Waals surface area (Å²) in [6.07, 6.45) is 13.4. The van der Waals surface area contributed by atoms with Crippen LogP contribution in [-0.2, 0) is 20.9 Å². The molecule has 336 valence electrons. The van der Waals surface area contributed by atoms with E-state index in [-0.39, 0.29) is 34.7 Å². The zero-order valence-corrected chi connectivity index (χ0v) is 39.4. The molecule has 6 fully saturated rings. The Morgan fingerprint density at radius 2 is 1.54 bits per heavy atom. The number of carbonyl (C=O) groups is 2. The van der Waals surface area contributed by atoms with Gasteiger partial charge in [-0.15, -0.1) is 0 Å². The number of rotatable bonds is 13. The maximum Gasteiger partial charge on any atom is 0.309 e. The molecule has 2 aromatic carbocycles. The maximum atomic E-state index is 13.2. The van der Waals surface area contributed by atoms with Crippen molar-refractivity contribution in [1.29, 1.82) is 0 Å². The lowest BCUT2D eigenvalue weighted by atomic mass is 9.32. The lowest BCUT2D eigenvalue weighted by molar-refractivity contribution is -0.250. The van der Waals surface area contributed by atoms with E-state index in [4.69, 9.17) is 4.74 Å².